The molecule has 0 radical (unpaired) electrons. The van der Waals surface area contributed by atoms with Crippen LogP contribution in [0.25, 0.3) is 0 Å². The molecule has 7 heteroatoms. The van der Waals surface area contributed by atoms with Crippen molar-refractivity contribution >= 4 is 17.7 Å². The Morgan fingerprint density at radius 1 is 1.17 bits per heavy atom. The van der Waals surface area contributed by atoms with Crippen molar-refractivity contribution < 1.29 is 23.5 Å². The number of ether oxygens (including phenoxy) is 1. The zero-order chi connectivity index (χ0) is 21.9. The van der Waals surface area contributed by atoms with Crippen molar-refractivity contribution in [3.8, 4) is 5.75 Å². The fourth-order valence-corrected chi connectivity index (χ4v) is 3.75. The summed E-state index contributed by atoms with van der Waals surface area (Å²) in [6.45, 7) is 3.41. The van der Waals surface area contributed by atoms with E-state index in [1.165, 1.54) is 38.3 Å². The summed E-state index contributed by atoms with van der Waals surface area (Å²) in [6, 6.07) is 10.0. The van der Waals surface area contributed by atoms with Crippen LogP contribution in [0.15, 0.2) is 42.5 Å². The van der Waals surface area contributed by atoms with Crippen LogP contribution in [0.1, 0.15) is 54.6 Å². The molecule has 3 rings (SSSR count). The fourth-order valence-electron chi connectivity index (χ4n) is 3.75. The zero-order valence-corrected chi connectivity index (χ0v) is 17.3. The highest BCUT2D eigenvalue weighted by atomic mass is 19.1. The van der Waals surface area contributed by atoms with Gasteiger partial charge in [0.25, 0.3) is 5.91 Å². The van der Waals surface area contributed by atoms with Crippen LogP contribution >= 0.6 is 0 Å². The number of hydrogen-bond donors (Lipinski definition) is 1. The van der Waals surface area contributed by atoms with E-state index in [1.54, 1.807) is 18.2 Å². The molecule has 6 nitrogen and oxygen atoms in total. The third-order valence-corrected chi connectivity index (χ3v) is 5.43. The smallest absolute Gasteiger partial charge is 0.325 e. The molecule has 0 bridgehead atoms. The van der Waals surface area contributed by atoms with Gasteiger partial charge in [-0.15, -0.1) is 0 Å². The first kappa shape index (κ1) is 21.5. The molecule has 0 spiro atoms. The average molecular weight is 412 g/mol. The number of imide groups is 1. The number of nitrogens with zero attached hydrogens (tertiary/aromatic N) is 1. The van der Waals surface area contributed by atoms with Gasteiger partial charge in [-0.1, -0.05) is 31.9 Å². The lowest BCUT2D eigenvalue weighted by molar-refractivity contribution is -0.132. The molecule has 1 fully saturated rings. The van der Waals surface area contributed by atoms with Gasteiger partial charge in [-0.2, -0.15) is 0 Å². The highest BCUT2D eigenvalue weighted by molar-refractivity contribution is 6.07. The Balaban J connectivity index is 1.99. The molecule has 1 saturated heterocycles. The number of amides is 3. The number of benzene rings is 2. The van der Waals surface area contributed by atoms with Gasteiger partial charge in [-0.05, 0) is 49.2 Å². The van der Waals surface area contributed by atoms with Gasteiger partial charge >= 0.3 is 6.03 Å². The predicted octanol–water partition coefficient (Wildman–Crippen LogP) is 4.17. The van der Waals surface area contributed by atoms with Crippen molar-refractivity contribution in [2.24, 2.45) is 0 Å². The van der Waals surface area contributed by atoms with E-state index >= 15 is 0 Å². The van der Waals surface area contributed by atoms with Crippen LogP contribution in [0.3, 0.4) is 0 Å². The number of ketones is 1. The summed E-state index contributed by atoms with van der Waals surface area (Å²) >= 11 is 0. The Hall–Kier alpha value is -3.22. The van der Waals surface area contributed by atoms with Crippen molar-refractivity contribution in [1.82, 2.24) is 10.2 Å². The zero-order valence-electron chi connectivity index (χ0n) is 17.3. The quantitative estimate of drug-likeness (QED) is 0.521. The van der Waals surface area contributed by atoms with Crippen LogP contribution in [0, 0.1) is 5.82 Å². The second-order valence-electron chi connectivity index (χ2n) is 7.42. The summed E-state index contributed by atoms with van der Waals surface area (Å²) in [5.41, 5.74) is 0.321. The molecule has 1 unspecified atom stereocenters. The number of unbranched alkanes of at least 4 members (excludes halogenated alkanes) is 1. The van der Waals surface area contributed by atoms with E-state index in [2.05, 4.69) is 5.32 Å². The second-order valence-corrected chi connectivity index (χ2v) is 7.42. The van der Waals surface area contributed by atoms with Crippen LogP contribution in [-0.4, -0.2) is 29.7 Å². The van der Waals surface area contributed by atoms with Gasteiger partial charge in [-0.3, -0.25) is 14.5 Å². The third kappa shape index (κ3) is 3.92. The minimum atomic E-state index is -1.24. The Bertz CT molecular complexity index is 974. The van der Waals surface area contributed by atoms with E-state index in [0.29, 0.717) is 35.3 Å². The van der Waals surface area contributed by atoms with Crippen molar-refractivity contribution in [2.75, 3.05) is 7.11 Å². The predicted molar refractivity (Wildman–Crippen MR) is 110 cm³/mol. The fraction of sp³-hybridized carbons (Fsp3) is 0.348. The van der Waals surface area contributed by atoms with Gasteiger partial charge < -0.3 is 10.1 Å². The largest absolute Gasteiger partial charge is 0.496 e. The highest BCUT2D eigenvalue weighted by Gasteiger charge is 2.51. The third-order valence-electron chi connectivity index (χ3n) is 5.43. The molecule has 0 aromatic heterocycles. The van der Waals surface area contributed by atoms with E-state index in [1.807, 2.05) is 6.92 Å². The van der Waals surface area contributed by atoms with Gasteiger partial charge in [0.1, 0.15) is 17.1 Å². The van der Waals surface area contributed by atoms with E-state index in [4.69, 9.17) is 4.74 Å². The van der Waals surface area contributed by atoms with Gasteiger partial charge in [-0.25, -0.2) is 9.18 Å². The van der Waals surface area contributed by atoms with Gasteiger partial charge in [0.05, 0.1) is 13.7 Å². The molecule has 1 aliphatic heterocycles. The van der Waals surface area contributed by atoms with E-state index < -0.39 is 23.3 Å². The average Bonchev–Trinajstić information content (AvgIpc) is 2.97. The van der Waals surface area contributed by atoms with E-state index in [0.717, 1.165) is 11.3 Å². The summed E-state index contributed by atoms with van der Waals surface area (Å²) in [4.78, 5) is 39.2. The number of methoxy groups -OCH3 is 1. The van der Waals surface area contributed by atoms with Gasteiger partial charge in [0.15, 0.2) is 5.78 Å². The maximum Gasteiger partial charge on any atom is 0.325 e. The topological polar surface area (TPSA) is 75.7 Å². The molecule has 2 aromatic rings. The molecule has 158 valence electrons. The van der Waals surface area contributed by atoms with Crippen molar-refractivity contribution in [3.05, 3.63) is 65.0 Å². The SMILES string of the molecule is CCCCC1(c2ccc(F)cc2)NC(=O)N(Cc2cc(C(C)=O)ccc2OC)C1=O. The van der Waals surface area contributed by atoms with Crippen LogP contribution in [0.4, 0.5) is 9.18 Å². The minimum Gasteiger partial charge on any atom is -0.496 e. The minimum absolute atomic E-state index is 0.0377. The first-order chi connectivity index (χ1) is 14.3. The molecule has 30 heavy (non-hydrogen) atoms. The number of Topliss-reactive ketones (excluding diaryl/α,β-unsaturated/α-hetero) is 1. The maximum absolute atomic E-state index is 13.5. The first-order valence-electron chi connectivity index (χ1n) is 9.90. The highest BCUT2D eigenvalue weighted by Crippen LogP contribution is 2.36. The molecule has 1 aliphatic rings. The molecule has 0 aliphatic carbocycles. The first-order valence-corrected chi connectivity index (χ1v) is 9.90. The lowest BCUT2D eigenvalue weighted by atomic mass is 9.84. The molecule has 2 aromatic carbocycles. The number of halogens is 1. The van der Waals surface area contributed by atoms with Gasteiger partial charge in [0, 0.05) is 11.1 Å². The van der Waals surface area contributed by atoms with Crippen LogP contribution in [0.2, 0.25) is 0 Å². The molecule has 1 heterocycles. The number of carbonyl (C=O) groups excluding carboxylic acids is 3. The van der Waals surface area contributed by atoms with Crippen molar-refractivity contribution in [1.29, 1.82) is 0 Å². The number of rotatable bonds is 8. The molecular formula is C23H25FN2O4. The van der Waals surface area contributed by atoms with Crippen molar-refractivity contribution in [2.45, 2.75) is 45.2 Å². The Morgan fingerprint density at radius 3 is 2.47 bits per heavy atom. The van der Waals surface area contributed by atoms with Gasteiger partial charge in [0.2, 0.25) is 0 Å². The lowest BCUT2D eigenvalue weighted by Crippen LogP contribution is -2.44. The lowest BCUT2D eigenvalue weighted by Gasteiger charge is -2.27. The Morgan fingerprint density at radius 2 is 1.87 bits per heavy atom. The van der Waals surface area contributed by atoms with Crippen LogP contribution in [-0.2, 0) is 16.9 Å². The Kier molecular flexibility index (Phi) is 6.20. The number of carbonyl (C=O) groups is 3. The number of urea groups is 1. The molecule has 1 N–H and O–H groups in total. The molecule has 1 atom stereocenters. The summed E-state index contributed by atoms with van der Waals surface area (Å²) in [7, 11) is 1.49. The monoisotopic (exact) mass is 412 g/mol. The Labute approximate surface area is 175 Å². The maximum atomic E-state index is 13.5. The van der Waals surface area contributed by atoms with Crippen molar-refractivity contribution in [3.63, 3.8) is 0 Å². The summed E-state index contributed by atoms with van der Waals surface area (Å²) in [5, 5.41) is 2.84. The molecule has 0 saturated carbocycles. The molecule has 3 amide bonds. The standard InChI is InChI=1S/C23H25FN2O4/c1-4-5-12-23(18-7-9-19(24)10-8-18)21(28)26(22(29)25-23)14-17-13-16(15(2)27)6-11-20(17)30-3/h6-11,13H,4-5,12,14H2,1-3H3,(H,25,29). The van der Waals surface area contributed by atoms with E-state index in [9.17, 15) is 18.8 Å². The summed E-state index contributed by atoms with van der Waals surface area (Å²) in [5.74, 6) is -0.459. The summed E-state index contributed by atoms with van der Waals surface area (Å²) < 4.78 is 18.8. The summed E-state index contributed by atoms with van der Waals surface area (Å²) in [6.07, 6.45) is 1.95. The number of nitrogens with one attached hydrogen (secondary N) is 1. The second kappa shape index (κ2) is 8.65. The molecular weight excluding hydrogens is 387 g/mol. The normalized spacial score (nSPS) is 18.5. The van der Waals surface area contributed by atoms with Crippen LogP contribution < -0.4 is 10.1 Å². The van der Waals surface area contributed by atoms with Crippen LogP contribution in [0.5, 0.6) is 5.75 Å². The van der Waals surface area contributed by atoms with E-state index in [-0.39, 0.29) is 12.3 Å². The number of hydrogen-bond acceptors (Lipinski definition) is 4.